The minimum absolute atomic E-state index is 0.894. The molecule has 3 heteroatoms. The normalized spacial score (nSPS) is 49.3. The minimum atomic E-state index is 0.894. The molecule has 2 fully saturated rings. The van der Waals surface area contributed by atoms with Crippen molar-refractivity contribution in [3.8, 4) is 0 Å². The topological polar surface area (TPSA) is 6.25 Å². The molecule has 2 heterocycles. The van der Waals surface area contributed by atoms with E-state index in [9.17, 15) is 0 Å². The first-order valence-electron chi connectivity index (χ1n) is 3.50. The van der Waals surface area contributed by atoms with Crippen LogP contribution in [-0.4, -0.2) is 34.4 Å². The first kappa shape index (κ1) is 6.01. The molecule has 0 amide bonds. The Bertz CT molecular complexity index is 124. The molecule has 2 rings (SSSR count). The molecule has 0 aromatic heterocycles. The molecule has 0 saturated carbocycles. The van der Waals surface area contributed by atoms with Crippen LogP contribution in [0.25, 0.3) is 0 Å². The van der Waals surface area contributed by atoms with Crippen LogP contribution in [0.2, 0.25) is 0 Å². The third-order valence-corrected chi connectivity index (χ3v) is 3.68. The lowest BCUT2D eigenvalue weighted by atomic mass is 10.4. The van der Waals surface area contributed by atoms with Gasteiger partial charge in [0.1, 0.15) is 0 Å². The Hall–Kier alpha value is 0.270. The molecule has 9 heavy (non-hydrogen) atoms. The number of hydrogen-bond donors (Lipinski definition) is 0. The first-order chi connectivity index (χ1) is 4.34. The Kier molecular flexibility index (Phi) is 1.25. The second-order valence-corrected chi connectivity index (χ2v) is 3.93. The smallest absolute Gasteiger partial charge is 0.195 e. The lowest BCUT2D eigenvalue weighted by Crippen LogP contribution is -2.23. The van der Waals surface area contributed by atoms with Crippen LogP contribution in [0.3, 0.4) is 0 Å². The summed E-state index contributed by atoms with van der Waals surface area (Å²) in [6, 6.07) is 0.894. The van der Waals surface area contributed by atoms with Crippen molar-refractivity contribution in [2.45, 2.75) is 24.8 Å². The van der Waals surface area contributed by atoms with Crippen molar-refractivity contribution < 1.29 is 0 Å². The van der Waals surface area contributed by atoms with Crippen molar-refractivity contribution in [2.24, 2.45) is 0 Å². The van der Waals surface area contributed by atoms with Crippen LogP contribution < -0.4 is 0 Å². The predicted molar refractivity (Wildman–Crippen MR) is 41.1 cm³/mol. The van der Waals surface area contributed by atoms with E-state index in [0.29, 0.717) is 0 Å². The zero-order valence-electron chi connectivity index (χ0n) is 5.91. The molecule has 52 valence electrons. The second kappa shape index (κ2) is 1.87. The Balaban J connectivity index is 1.98. The van der Waals surface area contributed by atoms with Gasteiger partial charge >= 0.3 is 0 Å². The van der Waals surface area contributed by atoms with Crippen LogP contribution in [0, 0.1) is 0 Å². The Morgan fingerprint density at radius 1 is 1.67 bits per heavy atom. The summed E-state index contributed by atoms with van der Waals surface area (Å²) in [7, 11) is 2.18. The highest BCUT2D eigenvalue weighted by Crippen LogP contribution is 2.38. The fourth-order valence-electron chi connectivity index (χ4n) is 1.59. The molecule has 0 bridgehead atoms. The van der Waals surface area contributed by atoms with Gasteiger partial charge in [0.2, 0.25) is 5.37 Å². The van der Waals surface area contributed by atoms with E-state index < -0.39 is 0 Å². The Morgan fingerprint density at radius 2 is 2.44 bits per heavy atom. The molecule has 3 unspecified atom stereocenters. The maximum absolute atomic E-state index is 2.49. The maximum Gasteiger partial charge on any atom is 0.201 e. The van der Waals surface area contributed by atoms with E-state index in [-0.39, 0.29) is 0 Å². The summed E-state index contributed by atoms with van der Waals surface area (Å²) in [5, 5.41) is 5.74. The molecule has 0 aromatic carbocycles. The zero-order valence-corrected chi connectivity index (χ0v) is 6.80. The van der Waals surface area contributed by atoms with Crippen molar-refractivity contribution in [3.05, 3.63) is 0 Å². The van der Waals surface area contributed by atoms with Gasteiger partial charge in [0.25, 0.3) is 0 Å². The Labute approximate surface area is 60.2 Å². The number of thiol groups is 1. The van der Waals surface area contributed by atoms with Crippen LogP contribution in [0.15, 0.2) is 0 Å². The van der Waals surface area contributed by atoms with Gasteiger partial charge in [0, 0.05) is 18.8 Å². The van der Waals surface area contributed by atoms with E-state index in [1.165, 1.54) is 12.3 Å². The van der Waals surface area contributed by atoms with Crippen LogP contribution in [-0.2, 0) is 11.8 Å². The molecule has 3 atom stereocenters. The summed E-state index contributed by atoms with van der Waals surface area (Å²) in [6.07, 6.45) is 1.32. The standard InChI is InChI=1S/C6H12N2S/c1-3-5-6-8(5)7(2)4-9-6/h5-6H,3-4H2,1-2H3/p+1. The third-order valence-electron chi connectivity index (χ3n) is 2.15. The number of nitrogens with zero attached hydrogens (tertiary/aromatic N) is 2. The summed E-state index contributed by atoms with van der Waals surface area (Å²) in [6.45, 7) is 2.27. The highest BCUT2D eigenvalue weighted by molar-refractivity contribution is 7.79. The maximum atomic E-state index is 2.49. The first-order valence-corrected chi connectivity index (χ1v) is 4.65. The van der Waals surface area contributed by atoms with E-state index in [2.05, 4.69) is 24.0 Å². The average Bonchev–Trinajstić information content (AvgIpc) is 2.46. The molecule has 2 aliphatic rings. The van der Waals surface area contributed by atoms with Crippen LogP contribution in [0.1, 0.15) is 13.3 Å². The average molecular weight is 145 g/mol. The number of rotatable bonds is 1. The van der Waals surface area contributed by atoms with Gasteiger partial charge in [0.05, 0.1) is 6.04 Å². The summed E-state index contributed by atoms with van der Waals surface area (Å²) >= 11 is 1.62. The quantitative estimate of drug-likeness (QED) is 0.292. The molecular formula is C6H13N2S+. The summed E-state index contributed by atoms with van der Waals surface area (Å²) in [5.41, 5.74) is 0. The van der Waals surface area contributed by atoms with Gasteiger partial charge in [-0.3, -0.25) is 0 Å². The minimum Gasteiger partial charge on any atom is -0.195 e. The largest absolute Gasteiger partial charge is 0.201 e. The van der Waals surface area contributed by atoms with E-state index in [4.69, 9.17) is 0 Å². The van der Waals surface area contributed by atoms with Crippen LogP contribution in [0.4, 0.5) is 0 Å². The molecule has 2 saturated heterocycles. The zero-order chi connectivity index (χ0) is 6.43. The van der Waals surface area contributed by atoms with E-state index in [1.54, 1.807) is 11.8 Å². The highest BCUT2D eigenvalue weighted by Gasteiger charge is 2.60. The van der Waals surface area contributed by atoms with Crippen molar-refractivity contribution >= 4 is 11.8 Å². The van der Waals surface area contributed by atoms with Gasteiger partial charge in [-0.25, -0.2) is 0 Å². The number of hydrazine groups is 1. The lowest BCUT2D eigenvalue weighted by Gasteiger charge is -2.06. The number of fused-ring (bicyclic) bond motifs is 1. The molecule has 2 nitrogen and oxygen atoms in total. The van der Waals surface area contributed by atoms with Crippen LogP contribution in [0.5, 0.6) is 0 Å². The highest BCUT2D eigenvalue weighted by atomic mass is 32.2. The molecular weight excluding hydrogens is 132 g/mol. The fraction of sp³-hybridized carbons (Fsp3) is 1.00. The van der Waals surface area contributed by atoms with Gasteiger partial charge in [-0.1, -0.05) is 6.92 Å². The second-order valence-electron chi connectivity index (χ2n) is 2.75. The molecule has 0 N–H and O–H groups in total. The van der Waals surface area contributed by atoms with E-state index in [1.807, 2.05) is 0 Å². The Morgan fingerprint density at radius 3 is 2.78 bits per heavy atom. The SMILES string of the molecule is CCC1C2[SH+]CN(C)N12. The van der Waals surface area contributed by atoms with Gasteiger partial charge in [-0.15, -0.1) is 0 Å². The monoisotopic (exact) mass is 145 g/mol. The van der Waals surface area contributed by atoms with Gasteiger partial charge in [0.15, 0.2) is 5.88 Å². The summed E-state index contributed by atoms with van der Waals surface area (Å²) in [5.74, 6) is 1.25. The lowest BCUT2D eigenvalue weighted by molar-refractivity contribution is 0.146. The molecule has 0 radical (unpaired) electrons. The van der Waals surface area contributed by atoms with Crippen molar-refractivity contribution in [3.63, 3.8) is 0 Å². The van der Waals surface area contributed by atoms with Gasteiger partial charge < -0.3 is 0 Å². The van der Waals surface area contributed by atoms with E-state index >= 15 is 0 Å². The fourth-order valence-corrected chi connectivity index (χ4v) is 3.16. The van der Waals surface area contributed by atoms with Crippen molar-refractivity contribution in [1.82, 2.24) is 10.0 Å². The molecule has 2 aliphatic heterocycles. The summed E-state index contributed by atoms with van der Waals surface area (Å²) < 4.78 is 0. The summed E-state index contributed by atoms with van der Waals surface area (Å²) in [4.78, 5) is 0. The third kappa shape index (κ3) is 0.719. The van der Waals surface area contributed by atoms with Gasteiger partial charge in [-0.05, 0) is 6.42 Å². The van der Waals surface area contributed by atoms with Crippen molar-refractivity contribution in [1.29, 1.82) is 0 Å². The molecule has 0 aliphatic carbocycles. The van der Waals surface area contributed by atoms with Gasteiger partial charge in [-0.2, -0.15) is 10.0 Å². The van der Waals surface area contributed by atoms with Crippen LogP contribution >= 0.6 is 0 Å². The number of hydrogen-bond acceptors (Lipinski definition) is 2. The predicted octanol–water partition coefficient (Wildman–Crippen LogP) is 0.0395. The molecule has 0 aromatic rings. The molecule has 0 spiro atoms. The van der Waals surface area contributed by atoms with Crippen molar-refractivity contribution in [2.75, 3.05) is 12.9 Å². The van der Waals surface area contributed by atoms with E-state index in [0.717, 1.165) is 11.4 Å².